The number of amides is 2. The molecule has 2 atom stereocenters. The predicted molar refractivity (Wildman–Crippen MR) is 115 cm³/mol. The molecule has 0 saturated carbocycles. The van der Waals surface area contributed by atoms with Crippen LogP contribution >= 0.6 is 0 Å². The van der Waals surface area contributed by atoms with Crippen LogP contribution in [0.3, 0.4) is 0 Å². The number of aliphatic imine (C=N–C) groups is 1. The predicted octanol–water partition coefficient (Wildman–Crippen LogP) is 2.94. The second-order valence-electron chi connectivity index (χ2n) is 7.01. The summed E-state index contributed by atoms with van der Waals surface area (Å²) in [6.45, 7) is 10.4. The molecule has 0 saturated heterocycles. The van der Waals surface area contributed by atoms with Crippen LogP contribution in [0.5, 0.6) is 0 Å². The summed E-state index contributed by atoms with van der Waals surface area (Å²) in [6.07, 6.45) is 3.49. The standard InChI is InChI=1S/C22H34N4O2/c1-5-7-11-16(3)21(27)26-19(6-2)17(4)22(28)25-15-20(23)24-14-18-12-9-8-10-13-18/h8-10,12-13,16,19H,4-7,11,14-15H2,1-3H3,(H2,23,24)(H,25,28)(H,26,27). The van der Waals surface area contributed by atoms with Crippen LogP contribution in [0.2, 0.25) is 0 Å². The first-order valence-corrected chi connectivity index (χ1v) is 9.99. The Balaban J connectivity index is 2.50. The fourth-order valence-electron chi connectivity index (χ4n) is 2.67. The smallest absolute Gasteiger partial charge is 0.249 e. The Bertz CT molecular complexity index is 670. The third-order valence-electron chi connectivity index (χ3n) is 4.61. The second-order valence-corrected chi connectivity index (χ2v) is 7.01. The lowest BCUT2D eigenvalue weighted by molar-refractivity contribution is -0.125. The molecular weight excluding hydrogens is 352 g/mol. The molecule has 0 aliphatic heterocycles. The van der Waals surface area contributed by atoms with Gasteiger partial charge >= 0.3 is 0 Å². The van der Waals surface area contributed by atoms with Crippen LogP contribution in [0.15, 0.2) is 47.5 Å². The largest absolute Gasteiger partial charge is 0.386 e. The average molecular weight is 387 g/mol. The zero-order valence-electron chi connectivity index (χ0n) is 17.3. The lowest BCUT2D eigenvalue weighted by Gasteiger charge is -2.21. The maximum atomic E-state index is 12.4. The Labute approximate surface area is 168 Å². The lowest BCUT2D eigenvalue weighted by atomic mass is 10.0. The van der Waals surface area contributed by atoms with Crippen molar-refractivity contribution in [3.05, 3.63) is 48.0 Å². The molecule has 154 valence electrons. The summed E-state index contributed by atoms with van der Waals surface area (Å²) in [5, 5.41) is 5.65. The molecule has 0 heterocycles. The Kier molecular flexibility index (Phi) is 10.6. The number of unbranched alkanes of at least 4 members (excludes halogenated alkanes) is 1. The summed E-state index contributed by atoms with van der Waals surface area (Å²) in [4.78, 5) is 29.0. The van der Waals surface area contributed by atoms with Gasteiger partial charge in [0.15, 0.2) is 0 Å². The van der Waals surface area contributed by atoms with Gasteiger partial charge in [-0.15, -0.1) is 0 Å². The van der Waals surface area contributed by atoms with Crippen LogP contribution in [0.4, 0.5) is 0 Å². The van der Waals surface area contributed by atoms with Gasteiger partial charge in [-0.3, -0.25) is 14.6 Å². The molecule has 2 amide bonds. The molecule has 6 nitrogen and oxygen atoms in total. The number of hydrogen-bond acceptors (Lipinski definition) is 3. The van der Waals surface area contributed by atoms with Crippen LogP contribution in [-0.4, -0.2) is 30.2 Å². The molecule has 6 heteroatoms. The van der Waals surface area contributed by atoms with Crippen molar-refractivity contribution in [2.75, 3.05) is 6.54 Å². The minimum atomic E-state index is -0.390. The topological polar surface area (TPSA) is 96.6 Å². The number of benzene rings is 1. The summed E-state index contributed by atoms with van der Waals surface area (Å²) in [5.41, 5.74) is 7.26. The van der Waals surface area contributed by atoms with E-state index in [4.69, 9.17) is 5.73 Å². The fourth-order valence-corrected chi connectivity index (χ4v) is 2.67. The van der Waals surface area contributed by atoms with E-state index in [1.165, 1.54) is 0 Å². The highest BCUT2D eigenvalue weighted by atomic mass is 16.2. The van der Waals surface area contributed by atoms with Gasteiger partial charge in [0.2, 0.25) is 11.8 Å². The molecular formula is C22H34N4O2. The molecule has 0 spiro atoms. The molecule has 4 N–H and O–H groups in total. The Morgan fingerprint density at radius 1 is 1.21 bits per heavy atom. The van der Waals surface area contributed by atoms with Gasteiger partial charge in [0, 0.05) is 11.5 Å². The molecule has 0 aliphatic carbocycles. The number of nitrogens with two attached hydrogens (primary N) is 1. The first kappa shape index (κ1) is 23.4. The molecule has 0 aromatic heterocycles. The van der Waals surface area contributed by atoms with E-state index in [0.29, 0.717) is 24.4 Å². The molecule has 0 aliphatic rings. The highest BCUT2D eigenvalue weighted by Crippen LogP contribution is 2.11. The number of hydrogen-bond donors (Lipinski definition) is 3. The molecule has 28 heavy (non-hydrogen) atoms. The SMILES string of the molecule is C=C(C(=O)NCC(N)=NCc1ccccc1)C(CC)NC(=O)C(C)CCCC. The van der Waals surface area contributed by atoms with E-state index in [0.717, 1.165) is 24.8 Å². The van der Waals surface area contributed by atoms with Crippen LogP contribution in [-0.2, 0) is 16.1 Å². The van der Waals surface area contributed by atoms with E-state index in [2.05, 4.69) is 29.1 Å². The number of nitrogens with one attached hydrogen (secondary N) is 2. The van der Waals surface area contributed by atoms with Gasteiger partial charge in [0.25, 0.3) is 0 Å². The van der Waals surface area contributed by atoms with Crippen molar-refractivity contribution in [1.29, 1.82) is 0 Å². The third-order valence-corrected chi connectivity index (χ3v) is 4.61. The molecule has 2 unspecified atom stereocenters. The maximum absolute atomic E-state index is 12.4. The van der Waals surface area contributed by atoms with Gasteiger partial charge in [-0.25, -0.2) is 0 Å². The van der Waals surface area contributed by atoms with E-state index >= 15 is 0 Å². The highest BCUT2D eigenvalue weighted by Gasteiger charge is 2.22. The minimum absolute atomic E-state index is 0.0433. The molecule has 1 rings (SSSR count). The van der Waals surface area contributed by atoms with Gasteiger partial charge in [-0.05, 0) is 18.4 Å². The summed E-state index contributed by atoms with van der Waals surface area (Å²) < 4.78 is 0. The van der Waals surface area contributed by atoms with Crippen molar-refractivity contribution in [1.82, 2.24) is 10.6 Å². The first-order chi connectivity index (χ1) is 13.4. The Hall–Kier alpha value is -2.63. The molecule has 1 aromatic rings. The van der Waals surface area contributed by atoms with E-state index in [1.807, 2.05) is 44.2 Å². The van der Waals surface area contributed by atoms with Crippen LogP contribution in [0.1, 0.15) is 52.0 Å². The first-order valence-electron chi connectivity index (χ1n) is 9.99. The molecule has 0 radical (unpaired) electrons. The Morgan fingerprint density at radius 2 is 1.89 bits per heavy atom. The second kappa shape index (κ2) is 12.7. The van der Waals surface area contributed by atoms with Crippen molar-refractivity contribution < 1.29 is 9.59 Å². The van der Waals surface area contributed by atoms with E-state index in [-0.39, 0.29) is 30.3 Å². The number of amidine groups is 1. The number of carbonyl (C=O) groups is 2. The minimum Gasteiger partial charge on any atom is -0.386 e. The van der Waals surface area contributed by atoms with Gasteiger partial charge in [0.1, 0.15) is 5.84 Å². The molecule has 0 bridgehead atoms. The van der Waals surface area contributed by atoms with Crippen LogP contribution in [0, 0.1) is 5.92 Å². The van der Waals surface area contributed by atoms with E-state index in [9.17, 15) is 9.59 Å². The maximum Gasteiger partial charge on any atom is 0.249 e. The zero-order valence-corrected chi connectivity index (χ0v) is 17.3. The van der Waals surface area contributed by atoms with Crippen LogP contribution < -0.4 is 16.4 Å². The quantitative estimate of drug-likeness (QED) is 0.293. The summed E-state index contributed by atoms with van der Waals surface area (Å²) in [7, 11) is 0. The molecule has 0 fully saturated rings. The Morgan fingerprint density at radius 3 is 2.50 bits per heavy atom. The van der Waals surface area contributed by atoms with Crippen molar-refractivity contribution in [3.8, 4) is 0 Å². The van der Waals surface area contributed by atoms with Gasteiger partial charge in [-0.2, -0.15) is 0 Å². The average Bonchev–Trinajstić information content (AvgIpc) is 2.72. The number of rotatable bonds is 12. The van der Waals surface area contributed by atoms with Crippen molar-refractivity contribution in [2.45, 2.75) is 59.0 Å². The summed E-state index contributed by atoms with van der Waals surface area (Å²) in [6, 6.07) is 9.36. The van der Waals surface area contributed by atoms with Crippen molar-refractivity contribution in [3.63, 3.8) is 0 Å². The zero-order chi connectivity index (χ0) is 20.9. The third kappa shape index (κ3) is 8.37. The van der Waals surface area contributed by atoms with Gasteiger partial charge in [0.05, 0.1) is 19.1 Å². The van der Waals surface area contributed by atoms with Gasteiger partial charge in [-0.1, -0.05) is 70.5 Å². The monoisotopic (exact) mass is 386 g/mol. The summed E-state index contributed by atoms with van der Waals surface area (Å²) in [5.74, 6) is -0.106. The number of carbonyl (C=O) groups excluding carboxylic acids is 2. The van der Waals surface area contributed by atoms with E-state index in [1.54, 1.807) is 0 Å². The number of nitrogens with zero attached hydrogens (tertiary/aromatic N) is 1. The normalized spacial score (nSPS) is 13.5. The van der Waals surface area contributed by atoms with Crippen LogP contribution in [0.25, 0.3) is 0 Å². The highest BCUT2D eigenvalue weighted by molar-refractivity contribution is 5.97. The molecule has 1 aromatic carbocycles. The van der Waals surface area contributed by atoms with Crippen molar-refractivity contribution in [2.24, 2.45) is 16.6 Å². The van der Waals surface area contributed by atoms with Gasteiger partial charge < -0.3 is 16.4 Å². The van der Waals surface area contributed by atoms with Crippen molar-refractivity contribution >= 4 is 17.6 Å². The lowest BCUT2D eigenvalue weighted by Crippen LogP contribution is -2.44. The van der Waals surface area contributed by atoms with E-state index < -0.39 is 0 Å². The fraction of sp³-hybridized carbons (Fsp3) is 0.500. The summed E-state index contributed by atoms with van der Waals surface area (Å²) >= 11 is 0.